The predicted octanol–water partition coefficient (Wildman–Crippen LogP) is 4.33. The molecule has 3 rings (SSSR count). The lowest BCUT2D eigenvalue weighted by atomic mass is 10.1. The zero-order valence-corrected chi connectivity index (χ0v) is 14.5. The van der Waals surface area contributed by atoms with Gasteiger partial charge in [0.15, 0.2) is 5.78 Å². The van der Waals surface area contributed by atoms with E-state index in [4.69, 9.17) is 4.74 Å². The van der Waals surface area contributed by atoms with Gasteiger partial charge in [-0.05, 0) is 48.6 Å². The summed E-state index contributed by atoms with van der Waals surface area (Å²) in [6, 6.07) is 11.6. The Labute approximate surface area is 157 Å². The van der Waals surface area contributed by atoms with Crippen LogP contribution in [0.5, 0.6) is 11.5 Å². The summed E-state index contributed by atoms with van der Waals surface area (Å²) in [4.78, 5) is 27.2. The van der Waals surface area contributed by atoms with E-state index in [0.29, 0.717) is 16.7 Å². The second-order valence-corrected chi connectivity index (χ2v) is 5.75. The van der Waals surface area contributed by atoms with Gasteiger partial charge in [-0.1, -0.05) is 12.1 Å². The molecule has 0 aliphatic carbocycles. The molecule has 0 amide bonds. The standard InChI is InChI=1S/C20H14F3NO4/c1-27-14-7-8-16-13(11-14)10-12(19(26)24-16)6-9-17(25)15-4-2-3-5-18(15)28-20(21,22)23/h2-11H,1H3,(H,24,26)/b9-6+. The van der Waals surface area contributed by atoms with Gasteiger partial charge < -0.3 is 14.5 Å². The van der Waals surface area contributed by atoms with Crippen molar-refractivity contribution in [2.45, 2.75) is 6.36 Å². The Kier molecular flexibility index (Phi) is 5.21. The molecule has 0 saturated carbocycles. The van der Waals surface area contributed by atoms with Crippen LogP contribution in [0.1, 0.15) is 15.9 Å². The zero-order chi connectivity index (χ0) is 20.3. The number of pyridine rings is 1. The quantitative estimate of drug-likeness (QED) is 0.521. The highest BCUT2D eigenvalue weighted by atomic mass is 19.4. The van der Waals surface area contributed by atoms with E-state index in [1.54, 1.807) is 24.3 Å². The minimum atomic E-state index is -4.92. The van der Waals surface area contributed by atoms with Crippen molar-refractivity contribution in [3.05, 3.63) is 76.1 Å². The van der Waals surface area contributed by atoms with E-state index < -0.39 is 23.5 Å². The third-order valence-electron chi connectivity index (χ3n) is 3.87. The maximum atomic E-state index is 12.5. The highest BCUT2D eigenvalue weighted by molar-refractivity contribution is 6.08. The molecule has 0 fully saturated rings. The molecule has 0 atom stereocenters. The lowest BCUT2D eigenvalue weighted by molar-refractivity contribution is -0.274. The fourth-order valence-electron chi connectivity index (χ4n) is 2.59. The van der Waals surface area contributed by atoms with Crippen molar-refractivity contribution in [3.63, 3.8) is 0 Å². The first-order chi connectivity index (χ1) is 13.3. The molecule has 0 spiro atoms. The van der Waals surface area contributed by atoms with Crippen molar-refractivity contribution in [2.24, 2.45) is 0 Å². The van der Waals surface area contributed by atoms with Crippen LogP contribution in [0.3, 0.4) is 0 Å². The third kappa shape index (κ3) is 4.40. The summed E-state index contributed by atoms with van der Waals surface area (Å²) in [7, 11) is 1.51. The fourth-order valence-corrected chi connectivity index (χ4v) is 2.59. The van der Waals surface area contributed by atoms with Gasteiger partial charge in [-0.3, -0.25) is 9.59 Å². The third-order valence-corrected chi connectivity index (χ3v) is 3.87. The molecule has 8 heteroatoms. The Morgan fingerprint density at radius 3 is 2.57 bits per heavy atom. The second kappa shape index (κ2) is 7.59. The number of carbonyl (C=O) groups excluding carboxylic acids is 1. The molecule has 0 bridgehead atoms. The number of hydrogen-bond donors (Lipinski definition) is 1. The van der Waals surface area contributed by atoms with E-state index in [2.05, 4.69) is 9.72 Å². The molecule has 0 aliphatic heterocycles. The average Bonchev–Trinajstić information content (AvgIpc) is 2.65. The van der Waals surface area contributed by atoms with Crippen molar-refractivity contribution in [2.75, 3.05) is 7.11 Å². The number of alkyl halides is 3. The number of rotatable bonds is 5. The first-order valence-electron chi connectivity index (χ1n) is 8.05. The summed E-state index contributed by atoms with van der Waals surface area (Å²) in [5, 5.41) is 0.673. The molecule has 144 valence electrons. The number of allylic oxidation sites excluding steroid dienone is 1. The molecule has 3 aromatic rings. The largest absolute Gasteiger partial charge is 0.573 e. The monoisotopic (exact) mass is 389 g/mol. The fraction of sp³-hybridized carbons (Fsp3) is 0.100. The number of methoxy groups -OCH3 is 1. The van der Waals surface area contributed by atoms with Gasteiger partial charge in [-0.25, -0.2) is 0 Å². The number of benzene rings is 2. The van der Waals surface area contributed by atoms with Crippen LogP contribution in [0.25, 0.3) is 17.0 Å². The van der Waals surface area contributed by atoms with Gasteiger partial charge in [0, 0.05) is 16.5 Å². The van der Waals surface area contributed by atoms with Crippen molar-refractivity contribution in [1.82, 2.24) is 4.98 Å². The van der Waals surface area contributed by atoms with Crippen molar-refractivity contribution < 1.29 is 27.4 Å². The van der Waals surface area contributed by atoms with Crippen LogP contribution >= 0.6 is 0 Å². The Balaban J connectivity index is 1.93. The zero-order valence-electron chi connectivity index (χ0n) is 14.5. The number of carbonyl (C=O) groups is 1. The number of fused-ring (bicyclic) bond motifs is 1. The molecule has 2 aromatic carbocycles. The highest BCUT2D eigenvalue weighted by Crippen LogP contribution is 2.27. The summed E-state index contributed by atoms with van der Waals surface area (Å²) in [6.07, 6.45) is -2.66. The van der Waals surface area contributed by atoms with Crippen LogP contribution in [-0.2, 0) is 0 Å². The maximum absolute atomic E-state index is 12.5. The number of aromatic nitrogens is 1. The molecule has 1 aromatic heterocycles. The Bertz CT molecular complexity index is 1120. The first-order valence-corrected chi connectivity index (χ1v) is 8.05. The summed E-state index contributed by atoms with van der Waals surface area (Å²) >= 11 is 0. The minimum absolute atomic E-state index is 0.170. The lowest BCUT2D eigenvalue weighted by Crippen LogP contribution is -2.18. The average molecular weight is 389 g/mol. The van der Waals surface area contributed by atoms with Gasteiger partial charge in [0.25, 0.3) is 5.56 Å². The van der Waals surface area contributed by atoms with Crippen molar-refractivity contribution in [3.8, 4) is 11.5 Å². The highest BCUT2D eigenvalue weighted by Gasteiger charge is 2.32. The summed E-state index contributed by atoms with van der Waals surface area (Å²) in [5.74, 6) is -0.754. The normalized spacial score (nSPS) is 11.7. The number of ketones is 1. The van der Waals surface area contributed by atoms with Crippen LogP contribution in [-0.4, -0.2) is 24.2 Å². The molecule has 1 heterocycles. The number of nitrogens with one attached hydrogen (secondary N) is 1. The number of aromatic amines is 1. The summed E-state index contributed by atoms with van der Waals surface area (Å²) in [5.41, 5.74) is 0.0398. The molecule has 28 heavy (non-hydrogen) atoms. The van der Waals surface area contributed by atoms with E-state index in [0.717, 1.165) is 12.1 Å². The van der Waals surface area contributed by atoms with Gasteiger partial charge in [0.2, 0.25) is 0 Å². The van der Waals surface area contributed by atoms with Crippen LogP contribution in [0, 0.1) is 0 Å². The molecule has 1 N–H and O–H groups in total. The van der Waals surface area contributed by atoms with Crippen LogP contribution in [0.15, 0.2) is 59.4 Å². The second-order valence-electron chi connectivity index (χ2n) is 5.75. The molecule has 0 unspecified atom stereocenters. The van der Waals surface area contributed by atoms with Gasteiger partial charge in [0.05, 0.1) is 12.7 Å². The SMILES string of the molecule is COc1ccc2[nH]c(=O)c(/C=C/C(=O)c3ccccc3OC(F)(F)F)cc2c1. The van der Waals surface area contributed by atoms with E-state index >= 15 is 0 Å². The van der Waals surface area contributed by atoms with E-state index in [1.807, 2.05) is 0 Å². The summed E-state index contributed by atoms with van der Waals surface area (Å²) in [6.45, 7) is 0. The van der Waals surface area contributed by atoms with E-state index in [-0.39, 0.29) is 11.1 Å². The van der Waals surface area contributed by atoms with Gasteiger partial charge >= 0.3 is 6.36 Å². The smallest absolute Gasteiger partial charge is 0.497 e. The molecule has 5 nitrogen and oxygen atoms in total. The Morgan fingerprint density at radius 1 is 1.11 bits per heavy atom. The molecule has 0 radical (unpaired) electrons. The number of hydrogen-bond acceptors (Lipinski definition) is 4. The van der Waals surface area contributed by atoms with Crippen molar-refractivity contribution in [1.29, 1.82) is 0 Å². The van der Waals surface area contributed by atoms with Crippen LogP contribution in [0.2, 0.25) is 0 Å². The number of halogens is 3. The summed E-state index contributed by atoms with van der Waals surface area (Å²) < 4.78 is 46.5. The molecular weight excluding hydrogens is 375 g/mol. The maximum Gasteiger partial charge on any atom is 0.573 e. The lowest BCUT2D eigenvalue weighted by Gasteiger charge is -2.11. The molecular formula is C20H14F3NO4. The van der Waals surface area contributed by atoms with Crippen LogP contribution in [0.4, 0.5) is 13.2 Å². The Hall–Kier alpha value is -3.55. The van der Waals surface area contributed by atoms with E-state index in [1.165, 1.54) is 31.4 Å². The van der Waals surface area contributed by atoms with Gasteiger partial charge in [-0.2, -0.15) is 0 Å². The van der Waals surface area contributed by atoms with Gasteiger partial charge in [-0.15, -0.1) is 13.2 Å². The molecule has 0 aliphatic rings. The van der Waals surface area contributed by atoms with Crippen molar-refractivity contribution >= 4 is 22.8 Å². The number of ether oxygens (including phenoxy) is 2. The minimum Gasteiger partial charge on any atom is -0.497 e. The number of para-hydroxylation sites is 1. The van der Waals surface area contributed by atoms with E-state index in [9.17, 15) is 22.8 Å². The first kappa shape index (κ1) is 19.2. The predicted molar refractivity (Wildman–Crippen MR) is 97.6 cm³/mol. The molecule has 0 saturated heterocycles. The topological polar surface area (TPSA) is 68.4 Å². The number of H-pyrrole nitrogens is 1. The Morgan fingerprint density at radius 2 is 1.86 bits per heavy atom. The van der Waals surface area contributed by atoms with Gasteiger partial charge in [0.1, 0.15) is 11.5 Å². The van der Waals surface area contributed by atoms with Crippen LogP contribution < -0.4 is 15.0 Å².